The summed E-state index contributed by atoms with van der Waals surface area (Å²) in [6, 6.07) is 0. The summed E-state index contributed by atoms with van der Waals surface area (Å²) >= 11 is 0. The van der Waals surface area contributed by atoms with Gasteiger partial charge in [-0.05, 0) is 25.7 Å². The van der Waals surface area contributed by atoms with E-state index in [1.807, 2.05) is 0 Å². The zero-order chi connectivity index (χ0) is 11.9. The van der Waals surface area contributed by atoms with Gasteiger partial charge >= 0.3 is 0 Å². The van der Waals surface area contributed by atoms with Crippen LogP contribution in [0.25, 0.3) is 0 Å². The highest BCUT2D eigenvalue weighted by molar-refractivity contribution is 5.80. The van der Waals surface area contributed by atoms with Gasteiger partial charge in [0.15, 0.2) is 0 Å². The molecule has 0 aliphatic carbocycles. The molecule has 0 saturated carbocycles. The smallest absolute Gasteiger partial charge is 0.111 e. The molecule has 1 aliphatic heterocycles. The number of aliphatic carboxylic acids is 2. The average molecular weight is 214 g/mol. The van der Waals surface area contributed by atoms with E-state index in [-0.39, 0.29) is 18.8 Å². The van der Waals surface area contributed by atoms with Gasteiger partial charge in [-0.25, -0.2) is 0 Å². The maximum atomic E-state index is 11.0. The summed E-state index contributed by atoms with van der Waals surface area (Å²) in [4.78, 5) is 21.8. The highest BCUT2D eigenvalue weighted by atomic mass is 16.6. The van der Waals surface area contributed by atoms with Crippen LogP contribution in [0.2, 0.25) is 0 Å². The average Bonchev–Trinajstić information content (AvgIpc) is 2.46. The standard InChI is InChI=1S/C10H16O5/c1-6(2)10(8(13)14)5-4-9(3,15-10)7(11)12/h6H,4-5H2,1-3H3,(H,11,12)(H,13,14)/p-2/t9-,10+/m1/s1. The lowest BCUT2D eigenvalue weighted by atomic mass is 9.87. The first kappa shape index (κ1) is 12.0. The van der Waals surface area contributed by atoms with Crippen LogP contribution in [0.1, 0.15) is 33.6 Å². The van der Waals surface area contributed by atoms with Crippen LogP contribution in [0, 0.1) is 5.92 Å². The van der Waals surface area contributed by atoms with Crippen molar-refractivity contribution in [3.63, 3.8) is 0 Å². The number of carbonyl (C=O) groups excluding carboxylic acids is 2. The van der Waals surface area contributed by atoms with Gasteiger partial charge in [0, 0.05) is 0 Å². The van der Waals surface area contributed by atoms with Crippen molar-refractivity contribution in [2.24, 2.45) is 5.92 Å². The third kappa shape index (κ3) is 1.71. The van der Waals surface area contributed by atoms with Crippen LogP contribution in [0.5, 0.6) is 0 Å². The van der Waals surface area contributed by atoms with Crippen molar-refractivity contribution in [2.75, 3.05) is 0 Å². The third-order valence-corrected chi connectivity index (χ3v) is 3.09. The molecule has 15 heavy (non-hydrogen) atoms. The molecule has 1 aliphatic rings. The van der Waals surface area contributed by atoms with Gasteiger partial charge in [-0.1, -0.05) is 13.8 Å². The van der Waals surface area contributed by atoms with Crippen LogP contribution in [-0.2, 0) is 14.3 Å². The maximum absolute atomic E-state index is 11.0. The van der Waals surface area contributed by atoms with Gasteiger partial charge < -0.3 is 24.5 Å². The molecule has 1 fully saturated rings. The quantitative estimate of drug-likeness (QED) is 0.567. The van der Waals surface area contributed by atoms with E-state index in [1.165, 1.54) is 6.92 Å². The number of carbonyl (C=O) groups is 2. The number of carboxylic acid groups (broad SMARTS) is 2. The summed E-state index contributed by atoms with van der Waals surface area (Å²) in [5.74, 6) is -3.09. The van der Waals surface area contributed by atoms with E-state index in [1.54, 1.807) is 13.8 Å². The Morgan fingerprint density at radius 2 is 1.73 bits per heavy atom. The number of carboxylic acids is 2. The van der Waals surface area contributed by atoms with Crippen molar-refractivity contribution in [2.45, 2.75) is 44.8 Å². The van der Waals surface area contributed by atoms with Crippen molar-refractivity contribution >= 4 is 11.9 Å². The molecule has 0 aromatic heterocycles. The summed E-state index contributed by atoms with van der Waals surface area (Å²) in [6.45, 7) is 4.66. The predicted molar refractivity (Wildman–Crippen MR) is 46.3 cm³/mol. The van der Waals surface area contributed by atoms with Gasteiger partial charge in [0.25, 0.3) is 0 Å². The molecule has 5 heteroatoms. The molecule has 1 heterocycles. The van der Waals surface area contributed by atoms with E-state index < -0.39 is 23.1 Å². The lowest BCUT2D eigenvalue weighted by molar-refractivity contribution is -0.343. The Hall–Kier alpha value is -1.10. The minimum atomic E-state index is -1.52. The SMILES string of the molecule is CC(C)[C@]1(C(=O)[O-])CC[C@](C)(C(=O)[O-])O1. The van der Waals surface area contributed by atoms with E-state index in [4.69, 9.17) is 4.74 Å². The summed E-state index contributed by atoms with van der Waals surface area (Å²) in [6.07, 6.45) is 0.263. The van der Waals surface area contributed by atoms with Gasteiger partial charge in [0.2, 0.25) is 0 Å². The van der Waals surface area contributed by atoms with Gasteiger partial charge in [0.05, 0.1) is 11.9 Å². The van der Waals surface area contributed by atoms with Crippen molar-refractivity contribution in [3.05, 3.63) is 0 Å². The lowest BCUT2D eigenvalue weighted by Crippen LogP contribution is -2.55. The van der Waals surface area contributed by atoms with Crippen molar-refractivity contribution in [1.29, 1.82) is 0 Å². The molecule has 0 aromatic rings. The molecule has 0 aromatic carbocycles. The molecule has 0 unspecified atom stereocenters. The number of ether oxygens (including phenoxy) is 1. The molecular formula is C10H14O5-2. The first-order valence-corrected chi connectivity index (χ1v) is 4.88. The first-order valence-electron chi connectivity index (χ1n) is 4.88. The van der Waals surface area contributed by atoms with Crippen LogP contribution in [0.15, 0.2) is 0 Å². The minimum absolute atomic E-state index is 0.126. The highest BCUT2D eigenvalue weighted by Crippen LogP contribution is 2.41. The first-order chi connectivity index (χ1) is 6.74. The number of hydrogen-bond donors (Lipinski definition) is 0. The molecule has 0 N–H and O–H groups in total. The zero-order valence-electron chi connectivity index (χ0n) is 9.03. The van der Waals surface area contributed by atoms with E-state index in [9.17, 15) is 19.8 Å². The van der Waals surface area contributed by atoms with Crippen molar-refractivity contribution < 1.29 is 24.5 Å². The molecule has 86 valence electrons. The van der Waals surface area contributed by atoms with Gasteiger partial charge in [-0.15, -0.1) is 0 Å². The fourth-order valence-corrected chi connectivity index (χ4v) is 1.86. The largest absolute Gasteiger partial charge is 0.547 e. The Kier molecular flexibility index (Phi) is 2.78. The molecule has 5 nitrogen and oxygen atoms in total. The van der Waals surface area contributed by atoms with E-state index in [2.05, 4.69) is 0 Å². The topological polar surface area (TPSA) is 89.5 Å². The summed E-state index contributed by atoms with van der Waals surface area (Å²) in [5.41, 5.74) is -3.03. The second kappa shape index (κ2) is 3.48. The fourth-order valence-electron chi connectivity index (χ4n) is 1.86. The molecular weight excluding hydrogens is 200 g/mol. The monoisotopic (exact) mass is 214 g/mol. The Morgan fingerprint density at radius 1 is 1.20 bits per heavy atom. The van der Waals surface area contributed by atoms with Gasteiger partial charge in [-0.3, -0.25) is 0 Å². The lowest BCUT2D eigenvalue weighted by Gasteiger charge is -2.37. The summed E-state index contributed by atoms with van der Waals surface area (Å²) < 4.78 is 5.20. The molecule has 0 radical (unpaired) electrons. The Morgan fingerprint density at radius 3 is 1.93 bits per heavy atom. The predicted octanol–water partition coefficient (Wildman–Crippen LogP) is -1.55. The number of hydrogen-bond acceptors (Lipinski definition) is 5. The highest BCUT2D eigenvalue weighted by Gasteiger charge is 2.50. The second-order valence-electron chi connectivity index (χ2n) is 4.45. The molecule has 1 rings (SSSR count). The van der Waals surface area contributed by atoms with Crippen LogP contribution in [0.3, 0.4) is 0 Å². The van der Waals surface area contributed by atoms with E-state index >= 15 is 0 Å². The molecule has 0 bridgehead atoms. The molecule has 2 atom stereocenters. The van der Waals surface area contributed by atoms with Crippen LogP contribution in [-0.4, -0.2) is 23.1 Å². The number of rotatable bonds is 3. The van der Waals surface area contributed by atoms with Gasteiger partial charge in [-0.2, -0.15) is 0 Å². The van der Waals surface area contributed by atoms with E-state index in [0.717, 1.165) is 0 Å². The van der Waals surface area contributed by atoms with Crippen LogP contribution >= 0.6 is 0 Å². The van der Waals surface area contributed by atoms with Crippen molar-refractivity contribution in [3.8, 4) is 0 Å². The van der Waals surface area contributed by atoms with E-state index in [0.29, 0.717) is 0 Å². The summed E-state index contributed by atoms with van der Waals surface area (Å²) in [5, 5.41) is 21.8. The molecule has 1 saturated heterocycles. The van der Waals surface area contributed by atoms with Crippen LogP contribution < -0.4 is 10.2 Å². The molecule has 0 spiro atoms. The van der Waals surface area contributed by atoms with Gasteiger partial charge in [0.1, 0.15) is 11.2 Å². The Labute approximate surface area is 88.0 Å². The normalized spacial score (nSPS) is 35.7. The molecule has 0 amide bonds. The zero-order valence-corrected chi connectivity index (χ0v) is 9.03. The summed E-state index contributed by atoms with van der Waals surface area (Å²) in [7, 11) is 0. The third-order valence-electron chi connectivity index (χ3n) is 3.09. The Balaban J connectivity index is 3.00. The fraction of sp³-hybridized carbons (Fsp3) is 0.800. The van der Waals surface area contributed by atoms with Crippen molar-refractivity contribution in [1.82, 2.24) is 0 Å². The van der Waals surface area contributed by atoms with Crippen LogP contribution in [0.4, 0.5) is 0 Å². The minimum Gasteiger partial charge on any atom is -0.547 e. The Bertz CT molecular complexity index is 298. The second-order valence-corrected chi connectivity index (χ2v) is 4.45. The maximum Gasteiger partial charge on any atom is 0.111 e.